The predicted octanol–water partition coefficient (Wildman–Crippen LogP) is 2.84. The smallest absolute Gasteiger partial charge is 0.350 e. The molecule has 0 aliphatic carbocycles. The molecule has 1 aromatic rings. The van der Waals surface area contributed by atoms with E-state index in [1.54, 1.807) is 6.92 Å². The lowest BCUT2D eigenvalue weighted by Crippen LogP contribution is -2.12. The maximum Gasteiger partial charge on any atom is 0.350 e. The maximum atomic E-state index is 11.6. The molecule has 1 N–H and O–H groups in total. The molecule has 4 nitrogen and oxygen atoms in total. The Balaban J connectivity index is 2.77. The van der Waals surface area contributed by atoms with Gasteiger partial charge in [-0.15, -0.1) is 0 Å². The fourth-order valence-corrected chi connectivity index (χ4v) is 2.13. The van der Waals surface area contributed by atoms with Crippen LogP contribution in [0.4, 0.5) is 5.13 Å². The number of nitrogens with one attached hydrogen (secondary N) is 1. The van der Waals surface area contributed by atoms with Gasteiger partial charge >= 0.3 is 5.97 Å². The molecular weight excluding hydrogens is 224 g/mol. The van der Waals surface area contributed by atoms with E-state index in [-0.39, 0.29) is 5.97 Å². The van der Waals surface area contributed by atoms with Crippen molar-refractivity contribution in [2.75, 3.05) is 11.9 Å². The number of esters is 1. The van der Waals surface area contributed by atoms with Gasteiger partial charge in [0.2, 0.25) is 0 Å². The number of anilines is 1. The zero-order valence-electron chi connectivity index (χ0n) is 10.2. The molecule has 0 aliphatic rings. The predicted molar refractivity (Wildman–Crippen MR) is 66.2 cm³/mol. The van der Waals surface area contributed by atoms with Gasteiger partial charge in [-0.05, 0) is 27.2 Å². The molecule has 0 saturated carbocycles. The molecule has 1 rings (SSSR count). The summed E-state index contributed by atoms with van der Waals surface area (Å²) in [6.45, 7) is 8.20. The molecule has 0 aromatic carbocycles. The van der Waals surface area contributed by atoms with Crippen LogP contribution in [-0.4, -0.2) is 23.6 Å². The van der Waals surface area contributed by atoms with Gasteiger partial charge in [0, 0.05) is 6.04 Å². The SMILES string of the molecule is CCOC(=O)c1sc(N[C@H](C)CC)nc1C. The van der Waals surface area contributed by atoms with Crippen molar-refractivity contribution in [3.8, 4) is 0 Å². The number of carbonyl (C=O) groups excluding carboxylic acids is 1. The minimum Gasteiger partial charge on any atom is -0.462 e. The first-order valence-electron chi connectivity index (χ1n) is 5.49. The van der Waals surface area contributed by atoms with Crippen LogP contribution in [0.15, 0.2) is 0 Å². The number of rotatable bonds is 5. The number of thiazole rings is 1. The lowest BCUT2D eigenvalue weighted by atomic mass is 10.3. The van der Waals surface area contributed by atoms with Crippen molar-refractivity contribution >= 4 is 22.4 Å². The molecule has 0 amide bonds. The second-order valence-electron chi connectivity index (χ2n) is 3.61. The van der Waals surface area contributed by atoms with Crippen LogP contribution in [0.25, 0.3) is 0 Å². The van der Waals surface area contributed by atoms with Gasteiger partial charge in [0.15, 0.2) is 5.13 Å². The van der Waals surface area contributed by atoms with Crippen molar-refractivity contribution in [2.24, 2.45) is 0 Å². The summed E-state index contributed by atoms with van der Waals surface area (Å²) in [5, 5.41) is 4.04. The molecule has 0 saturated heterocycles. The molecule has 0 spiro atoms. The summed E-state index contributed by atoms with van der Waals surface area (Å²) in [5.41, 5.74) is 0.731. The normalized spacial score (nSPS) is 12.2. The summed E-state index contributed by atoms with van der Waals surface area (Å²) in [6.07, 6.45) is 1.02. The Morgan fingerprint density at radius 3 is 2.81 bits per heavy atom. The monoisotopic (exact) mass is 242 g/mol. The molecule has 0 aliphatic heterocycles. The molecule has 90 valence electrons. The van der Waals surface area contributed by atoms with Crippen LogP contribution < -0.4 is 5.32 Å². The molecule has 1 heterocycles. The summed E-state index contributed by atoms with van der Waals surface area (Å²) in [6, 6.07) is 0.362. The second-order valence-corrected chi connectivity index (χ2v) is 4.61. The van der Waals surface area contributed by atoms with Crippen LogP contribution in [0.3, 0.4) is 0 Å². The standard InChI is InChI=1S/C11H18N2O2S/c1-5-7(3)12-11-13-8(4)9(16-11)10(14)15-6-2/h7H,5-6H2,1-4H3,(H,12,13)/t7-/m1/s1. The van der Waals surface area contributed by atoms with E-state index in [2.05, 4.69) is 24.1 Å². The van der Waals surface area contributed by atoms with Crippen LogP contribution in [0.2, 0.25) is 0 Å². The first kappa shape index (κ1) is 13.0. The van der Waals surface area contributed by atoms with E-state index in [1.807, 2.05) is 6.92 Å². The molecule has 0 unspecified atom stereocenters. The number of hydrogen-bond acceptors (Lipinski definition) is 5. The van der Waals surface area contributed by atoms with Gasteiger partial charge in [-0.3, -0.25) is 0 Å². The van der Waals surface area contributed by atoms with E-state index in [4.69, 9.17) is 4.74 Å². The van der Waals surface area contributed by atoms with Crippen LogP contribution >= 0.6 is 11.3 Å². The highest BCUT2D eigenvalue weighted by Gasteiger charge is 2.16. The van der Waals surface area contributed by atoms with E-state index < -0.39 is 0 Å². The number of hydrogen-bond donors (Lipinski definition) is 1. The van der Waals surface area contributed by atoms with Crippen molar-refractivity contribution in [3.63, 3.8) is 0 Å². The zero-order chi connectivity index (χ0) is 12.1. The van der Waals surface area contributed by atoms with Crippen LogP contribution in [-0.2, 0) is 4.74 Å². The average molecular weight is 242 g/mol. The lowest BCUT2D eigenvalue weighted by Gasteiger charge is -2.08. The van der Waals surface area contributed by atoms with Crippen molar-refractivity contribution in [2.45, 2.75) is 40.2 Å². The summed E-state index contributed by atoms with van der Waals surface area (Å²) >= 11 is 1.35. The zero-order valence-corrected chi connectivity index (χ0v) is 11.0. The molecule has 0 radical (unpaired) electrons. The Labute approximate surface area is 100 Å². The first-order chi connectivity index (χ1) is 7.58. The maximum absolute atomic E-state index is 11.6. The van der Waals surface area contributed by atoms with Gasteiger partial charge in [0.25, 0.3) is 0 Å². The van der Waals surface area contributed by atoms with E-state index in [9.17, 15) is 4.79 Å². The molecule has 16 heavy (non-hydrogen) atoms. The van der Waals surface area contributed by atoms with Crippen LogP contribution in [0, 0.1) is 6.92 Å². The molecular formula is C11H18N2O2S. The van der Waals surface area contributed by atoms with Crippen LogP contribution in [0.1, 0.15) is 42.6 Å². The highest BCUT2D eigenvalue weighted by atomic mass is 32.1. The Bertz CT molecular complexity index is 363. The highest BCUT2D eigenvalue weighted by molar-refractivity contribution is 7.17. The summed E-state index contributed by atoms with van der Waals surface area (Å²) in [4.78, 5) is 16.5. The van der Waals surface area contributed by atoms with Gasteiger partial charge < -0.3 is 10.1 Å². The van der Waals surface area contributed by atoms with Gasteiger partial charge in [-0.1, -0.05) is 18.3 Å². The third-order valence-electron chi connectivity index (χ3n) is 2.24. The molecule has 0 fully saturated rings. The third-order valence-corrected chi connectivity index (χ3v) is 3.31. The Hall–Kier alpha value is -1.10. The lowest BCUT2D eigenvalue weighted by molar-refractivity contribution is 0.0531. The van der Waals surface area contributed by atoms with E-state index >= 15 is 0 Å². The number of carbonyl (C=O) groups is 1. The first-order valence-corrected chi connectivity index (χ1v) is 6.31. The van der Waals surface area contributed by atoms with Crippen LogP contribution in [0.5, 0.6) is 0 Å². The highest BCUT2D eigenvalue weighted by Crippen LogP contribution is 2.24. The van der Waals surface area contributed by atoms with Gasteiger partial charge in [-0.25, -0.2) is 9.78 Å². The molecule has 1 aromatic heterocycles. The fourth-order valence-electron chi connectivity index (χ4n) is 1.16. The quantitative estimate of drug-likeness (QED) is 0.807. The van der Waals surface area contributed by atoms with Crippen molar-refractivity contribution in [3.05, 3.63) is 10.6 Å². The summed E-state index contributed by atoms with van der Waals surface area (Å²) < 4.78 is 4.96. The van der Waals surface area contributed by atoms with E-state index in [0.717, 1.165) is 17.2 Å². The second kappa shape index (κ2) is 5.84. The Morgan fingerprint density at radius 2 is 2.25 bits per heavy atom. The van der Waals surface area contributed by atoms with E-state index in [0.29, 0.717) is 17.5 Å². The summed E-state index contributed by atoms with van der Waals surface area (Å²) in [7, 11) is 0. The minimum absolute atomic E-state index is 0.283. The average Bonchev–Trinajstić information content (AvgIpc) is 2.59. The van der Waals surface area contributed by atoms with Gasteiger partial charge in [0.1, 0.15) is 4.88 Å². The number of aryl methyl sites for hydroxylation is 1. The fraction of sp³-hybridized carbons (Fsp3) is 0.636. The minimum atomic E-state index is -0.283. The van der Waals surface area contributed by atoms with Crippen molar-refractivity contribution in [1.29, 1.82) is 0 Å². The number of ether oxygens (including phenoxy) is 1. The van der Waals surface area contributed by atoms with Gasteiger partial charge in [0.05, 0.1) is 12.3 Å². The molecule has 1 atom stereocenters. The number of aromatic nitrogens is 1. The Morgan fingerprint density at radius 1 is 1.56 bits per heavy atom. The van der Waals surface area contributed by atoms with Crippen molar-refractivity contribution in [1.82, 2.24) is 4.98 Å². The Kier molecular flexibility index (Phi) is 4.73. The van der Waals surface area contributed by atoms with E-state index in [1.165, 1.54) is 11.3 Å². The van der Waals surface area contributed by atoms with Gasteiger partial charge in [-0.2, -0.15) is 0 Å². The van der Waals surface area contributed by atoms with Crippen molar-refractivity contribution < 1.29 is 9.53 Å². The molecule has 0 bridgehead atoms. The number of nitrogens with zero attached hydrogens (tertiary/aromatic N) is 1. The largest absolute Gasteiger partial charge is 0.462 e. The topological polar surface area (TPSA) is 51.2 Å². The summed E-state index contributed by atoms with van der Waals surface area (Å²) in [5.74, 6) is -0.283. The third kappa shape index (κ3) is 3.20. The molecule has 5 heteroatoms.